The number of hydrogen-bond acceptors (Lipinski definition) is 5. The summed E-state index contributed by atoms with van der Waals surface area (Å²) in [5.41, 5.74) is 7.56. The highest BCUT2D eigenvalue weighted by atomic mass is 35.5. The molecule has 0 saturated heterocycles. The zero-order valence-electron chi connectivity index (χ0n) is 13.2. The van der Waals surface area contributed by atoms with Crippen LogP contribution in [0.3, 0.4) is 0 Å². The topological polar surface area (TPSA) is 73.1 Å². The SMILES string of the molecule is Cc1cc(Oc2ncnc(NC3CCCCC3)c2N)ccc1Cl. The van der Waals surface area contributed by atoms with Gasteiger partial charge in [0.25, 0.3) is 0 Å². The van der Waals surface area contributed by atoms with Gasteiger partial charge in [-0.3, -0.25) is 0 Å². The Labute approximate surface area is 141 Å². The predicted octanol–water partition coefficient (Wildman–Crippen LogP) is 4.56. The van der Waals surface area contributed by atoms with Gasteiger partial charge >= 0.3 is 0 Å². The molecule has 3 N–H and O–H groups in total. The van der Waals surface area contributed by atoms with Crippen molar-refractivity contribution in [1.82, 2.24) is 9.97 Å². The summed E-state index contributed by atoms with van der Waals surface area (Å²) in [5, 5.41) is 4.12. The van der Waals surface area contributed by atoms with Gasteiger partial charge in [0.15, 0.2) is 5.82 Å². The minimum Gasteiger partial charge on any atom is -0.437 e. The van der Waals surface area contributed by atoms with Gasteiger partial charge in [0.2, 0.25) is 5.88 Å². The molecule has 0 spiro atoms. The van der Waals surface area contributed by atoms with Crippen LogP contribution in [0.1, 0.15) is 37.7 Å². The Morgan fingerprint density at radius 2 is 2.00 bits per heavy atom. The van der Waals surface area contributed by atoms with Crippen LogP contribution in [-0.2, 0) is 0 Å². The highest BCUT2D eigenvalue weighted by Gasteiger charge is 2.17. The van der Waals surface area contributed by atoms with E-state index in [4.69, 9.17) is 22.1 Å². The summed E-state index contributed by atoms with van der Waals surface area (Å²) >= 11 is 6.03. The molecule has 6 heteroatoms. The summed E-state index contributed by atoms with van der Waals surface area (Å²) in [6, 6.07) is 5.88. The van der Waals surface area contributed by atoms with Crippen molar-refractivity contribution in [1.29, 1.82) is 0 Å². The molecule has 0 bridgehead atoms. The average molecular weight is 333 g/mol. The second-order valence-electron chi connectivity index (χ2n) is 5.93. The van der Waals surface area contributed by atoms with Crippen LogP contribution < -0.4 is 15.8 Å². The smallest absolute Gasteiger partial charge is 0.248 e. The molecule has 3 rings (SSSR count). The molecule has 1 aromatic heterocycles. The van der Waals surface area contributed by atoms with Crippen molar-refractivity contribution in [3.05, 3.63) is 35.1 Å². The minimum absolute atomic E-state index is 0.361. The third-order valence-electron chi connectivity index (χ3n) is 4.14. The van der Waals surface area contributed by atoms with Gasteiger partial charge in [-0.2, -0.15) is 4.98 Å². The van der Waals surface area contributed by atoms with Gasteiger partial charge in [-0.05, 0) is 43.5 Å². The fraction of sp³-hybridized carbons (Fsp3) is 0.412. The fourth-order valence-corrected chi connectivity index (χ4v) is 2.93. The Hall–Kier alpha value is -2.01. The van der Waals surface area contributed by atoms with Crippen LogP contribution >= 0.6 is 11.6 Å². The monoisotopic (exact) mass is 332 g/mol. The Balaban J connectivity index is 1.77. The van der Waals surface area contributed by atoms with Gasteiger partial charge in [-0.25, -0.2) is 4.98 Å². The molecule has 0 radical (unpaired) electrons. The van der Waals surface area contributed by atoms with Crippen LogP contribution in [0.15, 0.2) is 24.5 Å². The number of hydrogen-bond donors (Lipinski definition) is 2. The van der Waals surface area contributed by atoms with Crippen molar-refractivity contribution in [3.63, 3.8) is 0 Å². The van der Waals surface area contributed by atoms with E-state index in [1.165, 1.54) is 25.6 Å². The van der Waals surface area contributed by atoms with Crippen molar-refractivity contribution in [2.45, 2.75) is 45.1 Å². The molecule has 1 aromatic carbocycles. The molecule has 1 aliphatic carbocycles. The summed E-state index contributed by atoms with van der Waals surface area (Å²) in [6.45, 7) is 1.93. The zero-order valence-corrected chi connectivity index (χ0v) is 13.9. The molecule has 0 atom stereocenters. The number of nitrogens with two attached hydrogens (primary N) is 1. The first-order valence-electron chi connectivity index (χ1n) is 7.94. The molecule has 0 aliphatic heterocycles. The van der Waals surface area contributed by atoms with Gasteiger partial charge < -0.3 is 15.8 Å². The predicted molar refractivity (Wildman–Crippen MR) is 93.2 cm³/mol. The molecular formula is C17H21ClN4O. The number of aryl methyl sites for hydroxylation is 1. The van der Waals surface area contributed by atoms with Gasteiger partial charge in [0.05, 0.1) is 0 Å². The lowest BCUT2D eigenvalue weighted by molar-refractivity contribution is 0.457. The second-order valence-corrected chi connectivity index (χ2v) is 6.34. The van der Waals surface area contributed by atoms with Crippen molar-refractivity contribution in [2.75, 3.05) is 11.1 Å². The lowest BCUT2D eigenvalue weighted by Crippen LogP contribution is -2.23. The van der Waals surface area contributed by atoms with E-state index in [0.29, 0.717) is 34.2 Å². The quantitative estimate of drug-likeness (QED) is 0.858. The maximum Gasteiger partial charge on any atom is 0.248 e. The highest BCUT2D eigenvalue weighted by molar-refractivity contribution is 6.31. The van der Waals surface area contributed by atoms with E-state index in [-0.39, 0.29) is 0 Å². The van der Waals surface area contributed by atoms with E-state index in [0.717, 1.165) is 18.4 Å². The summed E-state index contributed by atoms with van der Waals surface area (Å²) < 4.78 is 5.80. The molecule has 122 valence electrons. The third-order valence-corrected chi connectivity index (χ3v) is 4.56. The molecule has 1 heterocycles. The second kappa shape index (κ2) is 7.04. The van der Waals surface area contributed by atoms with E-state index in [1.807, 2.05) is 13.0 Å². The number of nitrogen functional groups attached to an aromatic ring is 1. The lowest BCUT2D eigenvalue weighted by atomic mass is 9.95. The zero-order chi connectivity index (χ0) is 16.2. The molecule has 23 heavy (non-hydrogen) atoms. The van der Waals surface area contributed by atoms with Gasteiger partial charge in [-0.15, -0.1) is 0 Å². The van der Waals surface area contributed by atoms with Crippen molar-refractivity contribution in [3.8, 4) is 11.6 Å². The first-order chi connectivity index (χ1) is 11.1. The summed E-state index contributed by atoms with van der Waals surface area (Å²) in [7, 11) is 0. The van der Waals surface area contributed by atoms with Crippen LogP contribution in [0.25, 0.3) is 0 Å². The third kappa shape index (κ3) is 3.85. The van der Waals surface area contributed by atoms with Crippen LogP contribution in [0, 0.1) is 6.92 Å². The number of halogens is 1. The largest absolute Gasteiger partial charge is 0.437 e. The molecule has 1 saturated carbocycles. The van der Waals surface area contributed by atoms with E-state index in [2.05, 4.69) is 15.3 Å². The van der Waals surface area contributed by atoms with Gasteiger partial charge in [0, 0.05) is 11.1 Å². The van der Waals surface area contributed by atoms with Gasteiger partial charge in [0.1, 0.15) is 17.8 Å². The number of ether oxygens (including phenoxy) is 1. The Morgan fingerprint density at radius 3 is 2.74 bits per heavy atom. The number of anilines is 2. The first kappa shape index (κ1) is 15.9. The van der Waals surface area contributed by atoms with Crippen LogP contribution in [-0.4, -0.2) is 16.0 Å². The van der Waals surface area contributed by atoms with Crippen molar-refractivity contribution >= 4 is 23.1 Å². The van der Waals surface area contributed by atoms with E-state index in [9.17, 15) is 0 Å². The van der Waals surface area contributed by atoms with Crippen LogP contribution in [0.5, 0.6) is 11.6 Å². The number of aromatic nitrogens is 2. The van der Waals surface area contributed by atoms with Crippen LogP contribution in [0.2, 0.25) is 5.02 Å². The molecule has 1 fully saturated rings. The summed E-state index contributed by atoms with van der Waals surface area (Å²) in [4.78, 5) is 8.41. The van der Waals surface area contributed by atoms with Crippen molar-refractivity contribution < 1.29 is 4.74 Å². The number of benzene rings is 1. The van der Waals surface area contributed by atoms with E-state index < -0.39 is 0 Å². The van der Waals surface area contributed by atoms with E-state index in [1.54, 1.807) is 12.1 Å². The average Bonchev–Trinajstić information content (AvgIpc) is 2.56. The maximum atomic E-state index is 6.18. The normalized spacial score (nSPS) is 15.4. The molecule has 5 nitrogen and oxygen atoms in total. The molecule has 0 amide bonds. The Bertz CT molecular complexity index is 686. The lowest BCUT2D eigenvalue weighted by Gasteiger charge is -2.24. The molecule has 0 unspecified atom stereocenters. The minimum atomic E-state index is 0.361. The highest BCUT2D eigenvalue weighted by Crippen LogP contribution is 2.32. The summed E-state index contributed by atoms with van der Waals surface area (Å²) in [6.07, 6.45) is 7.57. The summed E-state index contributed by atoms with van der Waals surface area (Å²) in [5.74, 6) is 1.66. The van der Waals surface area contributed by atoms with Crippen LogP contribution in [0.4, 0.5) is 11.5 Å². The molecule has 2 aromatic rings. The maximum absolute atomic E-state index is 6.18. The first-order valence-corrected chi connectivity index (χ1v) is 8.32. The fourth-order valence-electron chi connectivity index (χ4n) is 2.81. The number of nitrogens with one attached hydrogen (secondary N) is 1. The Morgan fingerprint density at radius 1 is 1.22 bits per heavy atom. The molecule has 1 aliphatic rings. The standard InChI is InChI=1S/C17H21ClN4O/c1-11-9-13(7-8-14(11)18)23-17-15(19)16(20-10-21-17)22-12-5-3-2-4-6-12/h7-10,12H,2-6,19H2,1H3,(H,20,21,22). The Kier molecular flexibility index (Phi) is 4.86. The van der Waals surface area contributed by atoms with E-state index >= 15 is 0 Å². The number of nitrogens with zero attached hydrogens (tertiary/aromatic N) is 2. The number of rotatable bonds is 4. The molecular weight excluding hydrogens is 312 g/mol. The van der Waals surface area contributed by atoms with Gasteiger partial charge in [-0.1, -0.05) is 30.9 Å². The van der Waals surface area contributed by atoms with Crippen molar-refractivity contribution in [2.24, 2.45) is 0 Å².